The minimum Gasteiger partial charge on any atom is -0.483 e. The molecular formula is C21H26N2O4S. The fourth-order valence-electron chi connectivity index (χ4n) is 3.28. The summed E-state index contributed by atoms with van der Waals surface area (Å²) in [5.41, 5.74) is 2.14. The lowest BCUT2D eigenvalue weighted by Crippen LogP contribution is -2.47. The molecule has 1 aliphatic heterocycles. The zero-order chi connectivity index (χ0) is 20.1. The van der Waals surface area contributed by atoms with Crippen molar-refractivity contribution in [3.8, 4) is 5.75 Å². The number of nitrogens with zero attached hydrogens (tertiary/aromatic N) is 1. The zero-order valence-corrected chi connectivity index (χ0v) is 17.0. The second-order valence-electron chi connectivity index (χ2n) is 7.05. The average molecular weight is 403 g/mol. The van der Waals surface area contributed by atoms with Crippen LogP contribution in [0.25, 0.3) is 0 Å². The monoisotopic (exact) mass is 402 g/mol. The van der Waals surface area contributed by atoms with Crippen LogP contribution in [0.3, 0.4) is 0 Å². The first-order valence-corrected chi connectivity index (χ1v) is 10.9. The van der Waals surface area contributed by atoms with Crippen molar-refractivity contribution in [1.82, 2.24) is 9.62 Å². The van der Waals surface area contributed by atoms with Gasteiger partial charge in [0.2, 0.25) is 10.0 Å². The SMILES string of the molecule is Cc1cccc(OCC(=O)NC2CCN(S(=O)(=O)c3ccccc3)CC2)c1C. The van der Waals surface area contributed by atoms with Crippen LogP contribution in [0.4, 0.5) is 0 Å². The first kappa shape index (κ1) is 20.4. The van der Waals surface area contributed by atoms with E-state index in [9.17, 15) is 13.2 Å². The van der Waals surface area contributed by atoms with Gasteiger partial charge in [-0.05, 0) is 56.0 Å². The molecule has 2 aromatic carbocycles. The smallest absolute Gasteiger partial charge is 0.258 e. The van der Waals surface area contributed by atoms with Gasteiger partial charge in [-0.1, -0.05) is 30.3 Å². The van der Waals surface area contributed by atoms with Gasteiger partial charge in [0, 0.05) is 19.1 Å². The minimum absolute atomic E-state index is 0.0445. The highest BCUT2D eigenvalue weighted by Crippen LogP contribution is 2.22. The van der Waals surface area contributed by atoms with Crippen molar-refractivity contribution >= 4 is 15.9 Å². The third-order valence-corrected chi connectivity index (χ3v) is 7.03. The van der Waals surface area contributed by atoms with Gasteiger partial charge in [-0.25, -0.2) is 8.42 Å². The Labute approximate surface area is 166 Å². The number of hydrogen-bond acceptors (Lipinski definition) is 4. The Balaban J connectivity index is 1.49. The van der Waals surface area contributed by atoms with Gasteiger partial charge < -0.3 is 10.1 Å². The van der Waals surface area contributed by atoms with E-state index in [1.807, 2.05) is 32.0 Å². The van der Waals surface area contributed by atoms with Crippen LogP contribution in [0.1, 0.15) is 24.0 Å². The van der Waals surface area contributed by atoms with E-state index in [4.69, 9.17) is 4.74 Å². The van der Waals surface area contributed by atoms with Crippen LogP contribution in [0.2, 0.25) is 0 Å². The molecule has 6 nitrogen and oxygen atoms in total. The lowest BCUT2D eigenvalue weighted by atomic mass is 10.1. The summed E-state index contributed by atoms with van der Waals surface area (Å²) in [6.45, 7) is 4.69. The highest BCUT2D eigenvalue weighted by molar-refractivity contribution is 7.89. The molecule has 0 unspecified atom stereocenters. The van der Waals surface area contributed by atoms with Crippen molar-refractivity contribution in [2.45, 2.75) is 37.6 Å². The molecule has 1 amide bonds. The van der Waals surface area contributed by atoms with Crippen LogP contribution in [-0.2, 0) is 14.8 Å². The molecule has 150 valence electrons. The highest BCUT2D eigenvalue weighted by Gasteiger charge is 2.29. The van der Waals surface area contributed by atoms with Crippen molar-refractivity contribution in [2.24, 2.45) is 0 Å². The van der Waals surface area contributed by atoms with Gasteiger partial charge in [0.25, 0.3) is 5.91 Å². The van der Waals surface area contributed by atoms with Crippen LogP contribution in [0.5, 0.6) is 5.75 Å². The topological polar surface area (TPSA) is 75.7 Å². The van der Waals surface area contributed by atoms with Crippen molar-refractivity contribution in [2.75, 3.05) is 19.7 Å². The van der Waals surface area contributed by atoms with Gasteiger partial charge >= 0.3 is 0 Å². The summed E-state index contributed by atoms with van der Waals surface area (Å²) in [5.74, 6) is 0.518. The van der Waals surface area contributed by atoms with Crippen molar-refractivity contribution in [3.05, 3.63) is 59.7 Å². The molecule has 7 heteroatoms. The summed E-state index contributed by atoms with van der Waals surface area (Å²) in [6.07, 6.45) is 1.17. The highest BCUT2D eigenvalue weighted by atomic mass is 32.2. The van der Waals surface area contributed by atoms with E-state index in [0.717, 1.165) is 11.1 Å². The lowest BCUT2D eigenvalue weighted by Gasteiger charge is -2.31. The van der Waals surface area contributed by atoms with Gasteiger partial charge in [-0.2, -0.15) is 4.31 Å². The molecule has 0 spiro atoms. The summed E-state index contributed by atoms with van der Waals surface area (Å²) in [5, 5.41) is 2.95. The first-order chi connectivity index (χ1) is 13.4. The Morgan fingerprint density at radius 3 is 2.43 bits per heavy atom. The summed E-state index contributed by atoms with van der Waals surface area (Å²) in [4.78, 5) is 12.5. The number of aryl methyl sites for hydroxylation is 1. The maximum atomic E-state index is 12.7. The van der Waals surface area contributed by atoms with Gasteiger partial charge in [0.15, 0.2) is 6.61 Å². The number of amides is 1. The van der Waals surface area contributed by atoms with Crippen LogP contribution < -0.4 is 10.1 Å². The number of nitrogens with one attached hydrogen (secondary N) is 1. The normalized spacial score (nSPS) is 15.9. The van der Waals surface area contributed by atoms with E-state index in [-0.39, 0.29) is 18.6 Å². The molecule has 0 atom stereocenters. The van der Waals surface area contributed by atoms with E-state index < -0.39 is 10.0 Å². The predicted molar refractivity (Wildman–Crippen MR) is 108 cm³/mol. The Morgan fingerprint density at radius 1 is 1.07 bits per heavy atom. The molecule has 1 aliphatic rings. The maximum Gasteiger partial charge on any atom is 0.258 e. The van der Waals surface area contributed by atoms with Gasteiger partial charge in [-0.15, -0.1) is 0 Å². The van der Waals surface area contributed by atoms with Crippen LogP contribution in [0.15, 0.2) is 53.4 Å². The number of carbonyl (C=O) groups is 1. The minimum atomic E-state index is -3.47. The zero-order valence-electron chi connectivity index (χ0n) is 16.2. The van der Waals surface area contributed by atoms with E-state index in [0.29, 0.717) is 36.6 Å². The van der Waals surface area contributed by atoms with Crippen LogP contribution in [-0.4, -0.2) is 44.4 Å². The average Bonchev–Trinajstić information content (AvgIpc) is 2.70. The van der Waals surface area contributed by atoms with Crippen LogP contribution in [0, 0.1) is 13.8 Å². The summed E-state index contributed by atoms with van der Waals surface area (Å²) < 4.78 is 32.4. The Hall–Kier alpha value is -2.38. The Bertz CT molecular complexity index is 921. The number of sulfonamides is 1. The summed E-state index contributed by atoms with van der Waals surface area (Å²) >= 11 is 0. The van der Waals surface area contributed by atoms with E-state index in [1.54, 1.807) is 30.3 Å². The molecule has 2 aromatic rings. The number of ether oxygens (including phenoxy) is 1. The lowest BCUT2D eigenvalue weighted by molar-refractivity contribution is -0.124. The number of rotatable bonds is 6. The molecule has 1 fully saturated rings. The first-order valence-electron chi connectivity index (χ1n) is 9.41. The second kappa shape index (κ2) is 8.75. The quantitative estimate of drug-likeness (QED) is 0.806. The molecular weight excluding hydrogens is 376 g/mol. The van der Waals surface area contributed by atoms with Crippen molar-refractivity contribution in [3.63, 3.8) is 0 Å². The second-order valence-corrected chi connectivity index (χ2v) is 8.98. The molecule has 1 heterocycles. The fourth-order valence-corrected chi connectivity index (χ4v) is 4.77. The molecule has 0 bridgehead atoms. The van der Waals surface area contributed by atoms with E-state index >= 15 is 0 Å². The third-order valence-electron chi connectivity index (χ3n) is 5.11. The molecule has 0 saturated carbocycles. The largest absolute Gasteiger partial charge is 0.483 e. The number of benzene rings is 2. The molecule has 1 N–H and O–H groups in total. The van der Waals surface area contributed by atoms with Gasteiger partial charge in [-0.3, -0.25) is 4.79 Å². The van der Waals surface area contributed by atoms with Crippen molar-refractivity contribution in [1.29, 1.82) is 0 Å². The standard InChI is InChI=1S/C21H26N2O4S/c1-16-7-6-10-20(17(16)2)27-15-21(24)22-18-11-13-23(14-12-18)28(25,26)19-8-4-3-5-9-19/h3-10,18H,11-15H2,1-2H3,(H,22,24). The summed E-state index contributed by atoms with van der Waals surface area (Å²) in [6, 6.07) is 14.1. The number of hydrogen-bond donors (Lipinski definition) is 1. The van der Waals surface area contributed by atoms with Gasteiger partial charge in [0.1, 0.15) is 5.75 Å². The fraction of sp³-hybridized carbons (Fsp3) is 0.381. The van der Waals surface area contributed by atoms with Crippen LogP contribution >= 0.6 is 0 Å². The van der Waals surface area contributed by atoms with E-state index in [2.05, 4.69) is 5.32 Å². The van der Waals surface area contributed by atoms with Crippen molar-refractivity contribution < 1.29 is 17.9 Å². The molecule has 0 aliphatic carbocycles. The maximum absolute atomic E-state index is 12.7. The van der Waals surface area contributed by atoms with Gasteiger partial charge in [0.05, 0.1) is 4.90 Å². The Morgan fingerprint density at radius 2 is 1.75 bits per heavy atom. The number of piperidine rings is 1. The summed E-state index contributed by atoms with van der Waals surface area (Å²) in [7, 11) is -3.47. The molecule has 3 rings (SSSR count). The molecule has 0 radical (unpaired) electrons. The number of carbonyl (C=O) groups excluding carboxylic acids is 1. The molecule has 1 saturated heterocycles. The third kappa shape index (κ3) is 4.72. The molecule has 0 aromatic heterocycles. The predicted octanol–water partition coefficient (Wildman–Crippen LogP) is 2.65. The molecule has 28 heavy (non-hydrogen) atoms. The Kier molecular flexibility index (Phi) is 6.36. The van der Waals surface area contributed by atoms with E-state index in [1.165, 1.54) is 4.31 Å².